The third kappa shape index (κ3) is 3.31. The number of hydrogen-bond acceptors (Lipinski definition) is 4. The number of piperazine rings is 1. The minimum atomic E-state index is 0.0561. The van der Waals surface area contributed by atoms with Crippen LogP contribution >= 0.6 is 0 Å². The molecule has 0 radical (unpaired) electrons. The van der Waals surface area contributed by atoms with Crippen molar-refractivity contribution in [3.8, 4) is 0 Å². The van der Waals surface area contributed by atoms with E-state index < -0.39 is 0 Å². The number of likely N-dealkylation sites (tertiary alicyclic amines) is 1. The highest BCUT2D eigenvalue weighted by Gasteiger charge is 2.36. The summed E-state index contributed by atoms with van der Waals surface area (Å²) < 4.78 is 5.85. The Labute approximate surface area is 138 Å². The maximum Gasteiger partial charge on any atom is 0.289 e. The monoisotopic (exact) mass is 317 g/mol. The average Bonchev–Trinajstić information content (AvgIpc) is 3.08. The Kier molecular flexibility index (Phi) is 4.16. The Balaban J connectivity index is 1.37. The summed E-state index contributed by atoms with van der Waals surface area (Å²) in [5.41, 5.74) is 0. The second-order valence-electron chi connectivity index (χ2n) is 7.32. The second-order valence-corrected chi connectivity index (χ2v) is 7.32. The number of nitrogens with zero attached hydrogens (tertiary/aromatic N) is 3. The van der Waals surface area contributed by atoms with Gasteiger partial charge in [0.05, 0.1) is 6.54 Å². The molecule has 0 spiro atoms. The normalized spacial score (nSPS) is 26.8. The predicted molar refractivity (Wildman–Crippen MR) is 88.3 cm³/mol. The van der Waals surface area contributed by atoms with Gasteiger partial charge in [-0.1, -0.05) is 0 Å². The summed E-state index contributed by atoms with van der Waals surface area (Å²) in [5.74, 6) is 1.48. The van der Waals surface area contributed by atoms with Crippen molar-refractivity contribution in [2.24, 2.45) is 0 Å². The van der Waals surface area contributed by atoms with Crippen molar-refractivity contribution in [1.29, 1.82) is 0 Å². The Morgan fingerprint density at radius 3 is 2.65 bits per heavy atom. The van der Waals surface area contributed by atoms with Gasteiger partial charge in [-0.2, -0.15) is 0 Å². The highest BCUT2D eigenvalue weighted by Crippen LogP contribution is 2.29. The van der Waals surface area contributed by atoms with E-state index in [9.17, 15) is 4.79 Å². The Hall–Kier alpha value is -1.33. The van der Waals surface area contributed by atoms with Crippen LogP contribution in [0.1, 0.15) is 48.9 Å². The van der Waals surface area contributed by atoms with Gasteiger partial charge in [0.15, 0.2) is 5.76 Å². The van der Waals surface area contributed by atoms with E-state index in [-0.39, 0.29) is 11.9 Å². The molecule has 1 atom stereocenters. The number of carbonyl (C=O) groups is 1. The van der Waals surface area contributed by atoms with Gasteiger partial charge in [0.1, 0.15) is 5.76 Å². The predicted octanol–water partition coefficient (Wildman–Crippen LogP) is 2.18. The molecule has 1 amide bonds. The van der Waals surface area contributed by atoms with Gasteiger partial charge in [0.2, 0.25) is 0 Å². The van der Waals surface area contributed by atoms with E-state index in [1.807, 2.05) is 17.0 Å². The lowest BCUT2D eigenvalue weighted by Gasteiger charge is -2.39. The van der Waals surface area contributed by atoms with Crippen LogP contribution in [-0.4, -0.2) is 65.4 Å². The lowest BCUT2D eigenvalue weighted by Crippen LogP contribution is -2.54. The number of rotatable bonds is 4. The molecule has 1 aliphatic carbocycles. The van der Waals surface area contributed by atoms with E-state index in [0.29, 0.717) is 5.76 Å². The molecule has 1 saturated carbocycles. The molecular weight excluding hydrogens is 290 g/mol. The van der Waals surface area contributed by atoms with Crippen molar-refractivity contribution in [2.75, 3.05) is 32.7 Å². The maximum atomic E-state index is 12.8. The standard InChI is InChI=1S/C18H27N3O2/c1-14-12-20(15-4-5-15)10-11-21(14)18(22)17-7-6-16(23-17)13-19-8-2-3-9-19/h6-7,14-15H,2-5,8-13H2,1H3. The fraction of sp³-hybridized carbons (Fsp3) is 0.722. The van der Waals surface area contributed by atoms with E-state index in [0.717, 1.165) is 51.1 Å². The Morgan fingerprint density at radius 2 is 1.96 bits per heavy atom. The third-order valence-electron chi connectivity index (χ3n) is 5.43. The van der Waals surface area contributed by atoms with Gasteiger partial charge in [-0.05, 0) is 57.8 Å². The zero-order valence-corrected chi connectivity index (χ0v) is 14.0. The Bertz CT molecular complexity index is 560. The fourth-order valence-corrected chi connectivity index (χ4v) is 3.94. The SMILES string of the molecule is CC1CN(C2CC2)CCN1C(=O)c1ccc(CN2CCCC2)o1. The second kappa shape index (κ2) is 6.29. The summed E-state index contributed by atoms with van der Waals surface area (Å²) in [6, 6.07) is 4.87. The summed E-state index contributed by atoms with van der Waals surface area (Å²) in [6.45, 7) is 8.09. The van der Waals surface area contributed by atoms with Crippen molar-refractivity contribution in [3.05, 3.63) is 23.7 Å². The van der Waals surface area contributed by atoms with E-state index in [1.54, 1.807) is 0 Å². The first-order chi connectivity index (χ1) is 11.2. The average molecular weight is 317 g/mol. The highest BCUT2D eigenvalue weighted by molar-refractivity contribution is 5.91. The summed E-state index contributed by atoms with van der Waals surface area (Å²) in [4.78, 5) is 19.7. The summed E-state index contributed by atoms with van der Waals surface area (Å²) in [6.07, 6.45) is 5.21. The molecule has 5 heteroatoms. The van der Waals surface area contributed by atoms with Gasteiger partial charge >= 0.3 is 0 Å². The van der Waals surface area contributed by atoms with Gasteiger partial charge < -0.3 is 9.32 Å². The van der Waals surface area contributed by atoms with Gasteiger partial charge in [0.25, 0.3) is 5.91 Å². The molecule has 1 unspecified atom stereocenters. The summed E-state index contributed by atoms with van der Waals surface area (Å²) in [7, 11) is 0. The molecule has 3 aliphatic rings. The van der Waals surface area contributed by atoms with E-state index in [4.69, 9.17) is 4.42 Å². The number of carbonyl (C=O) groups excluding carboxylic acids is 1. The molecule has 1 aromatic heterocycles. The van der Waals surface area contributed by atoms with Crippen molar-refractivity contribution < 1.29 is 9.21 Å². The first-order valence-corrected chi connectivity index (χ1v) is 9.07. The molecule has 5 nitrogen and oxygen atoms in total. The molecule has 2 aliphatic heterocycles. The van der Waals surface area contributed by atoms with Crippen molar-refractivity contribution in [1.82, 2.24) is 14.7 Å². The number of amides is 1. The van der Waals surface area contributed by atoms with Crippen LogP contribution in [0.2, 0.25) is 0 Å². The lowest BCUT2D eigenvalue weighted by atomic mass is 10.1. The third-order valence-corrected chi connectivity index (χ3v) is 5.43. The van der Waals surface area contributed by atoms with E-state index >= 15 is 0 Å². The molecule has 1 aromatic rings. The molecule has 3 heterocycles. The molecule has 126 valence electrons. The molecular formula is C18H27N3O2. The van der Waals surface area contributed by atoms with Crippen LogP contribution in [0.3, 0.4) is 0 Å². The van der Waals surface area contributed by atoms with Gasteiger partial charge in [-0.3, -0.25) is 14.6 Å². The molecule has 0 aromatic carbocycles. The number of hydrogen-bond donors (Lipinski definition) is 0. The van der Waals surface area contributed by atoms with Gasteiger partial charge in [-0.25, -0.2) is 0 Å². The van der Waals surface area contributed by atoms with E-state index in [2.05, 4.69) is 16.7 Å². The van der Waals surface area contributed by atoms with E-state index in [1.165, 1.54) is 25.7 Å². The molecule has 2 saturated heterocycles. The quantitative estimate of drug-likeness (QED) is 0.853. The first-order valence-electron chi connectivity index (χ1n) is 9.07. The lowest BCUT2D eigenvalue weighted by molar-refractivity contribution is 0.0442. The largest absolute Gasteiger partial charge is 0.455 e. The van der Waals surface area contributed by atoms with Crippen LogP contribution in [0, 0.1) is 0 Å². The van der Waals surface area contributed by atoms with Crippen molar-refractivity contribution >= 4 is 5.91 Å². The van der Waals surface area contributed by atoms with Crippen LogP contribution in [-0.2, 0) is 6.54 Å². The first kappa shape index (κ1) is 15.2. The maximum absolute atomic E-state index is 12.8. The molecule has 23 heavy (non-hydrogen) atoms. The van der Waals surface area contributed by atoms with Crippen LogP contribution in [0.4, 0.5) is 0 Å². The van der Waals surface area contributed by atoms with Crippen LogP contribution in [0.15, 0.2) is 16.5 Å². The fourth-order valence-electron chi connectivity index (χ4n) is 3.94. The molecule has 0 bridgehead atoms. The van der Waals surface area contributed by atoms with Crippen LogP contribution in [0.5, 0.6) is 0 Å². The zero-order chi connectivity index (χ0) is 15.8. The highest BCUT2D eigenvalue weighted by atomic mass is 16.4. The minimum Gasteiger partial charge on any atom is -0.455 e. The van der Waals surface area contributed by atoms with Gasteiger partial charge in [0, 0.05) is 31.7 Å². The van der Waals surface area contributed by atoms with Crippen LogP contribution in [0.25, 0.3) is 0 Å². The number of furan rings is 1. The Morgan fingerprint density at radius 1 is 1.17 bits per heavy atom. The van der Waals surface area contributed by atoms with Gasteiger partial charge in [-0.15, -0.1) is 0 Å². The smallest absolute Gasteiger partial charge is 0.289 e. The zero-order valence-electron chi connectivity index (χ0n) is 14.0. The van der Waals surface area contributed by atoms with Crippen molar-refractivity contribution in [2.45, 2.75) is 51.2 Å². The van der Waals surface area contributed by atoms with Crippen molar-refractivity contribution in [3.63, 3.8) is 0 Å². The minimum absolute atomic E-state index is 0.0561. The topological polar surface area (TPSA) is 39.9 Å². The summed E-state index contributed by atoms with van der Waals surface area (Å²) >= 11 is 0. The molecule has 3 fully saturated rings. The molecule has 4 rings (SSSR count). The van der Waals surface area contributed by atoms with Crippen LogP contribution < -0.4 is 0 Å². The summed E-state index contributed by atoms with van der Waals surface area (Å²) in [5, 5.41) is 0. The molecule has 0 N–H and O–H groups in total.